The van der Waals surface area contributed by atoms with E-state index in [0.29, 0.717) is 10.9 Å². The third-order valence-electron chi connectivity index (χ3n) is 3.65. The first-order valence-electron chi connectivity index (χ1n) is 7.35. The van der Waals surface area contributed by atoms with Gasteiger partial charge in [0.15, 0.2) is 0 Å². The van der Waals surface area contributed by atoms with Crippen LogP contribution < -0.4 is 11.3 Å². The van der Waals surface area contributed by atoms with Crippen molar-refractivity contribution in [3.8, 4) is 0 Å². The molecule has 3 N–H and O–H groups in total. The number of aryl methyl sites for hydroxylation is 1. The minimum Gasteiger partial charge on any atom is -0.271 e. The van der Waals surface area contributed by atoms with Crippen LogP contribution in [0.5, 0.6) is 0 Å². The highest BCUT2D eigenvalue weighted by atomic mass is 35.5. The predicted molar refractivity (Wildman–Crippen MR) is 87.2 cm³/mol. The molecule has 4 nitrogen and oxygen atoms in total. The van der Waals surface area contributed by atoms with E-state index in [0.717, 1.165) is 24.2 Å². The second-order valence-electron chi connectivity index (χ2n) is 5.52. The van der Waals surface area contributed by atoms with Gasteiger partial charge in [-0.1, -0.05) is 56.6 Å². The second kappa shape index (κ2) is 7.07. The molecule has 1 aromatic carbocycles. The average Bonchev–Trinajstić information content (AvgIpc) is 2.83. The van der Waals surface area contributed by atoms with Gasteiger partial charge in [-0.15, -0.1) is 0 Å². The first kappa shape index (κ1) is 16.0. The Morgan fingerprint density at radius 2 is 1.86 bits per heavy atom. The van der Waals surface area contributed by atoms with Gasteiger partial charge in [0.25, 0.3) is 0 Å². The number of hydrogen-bond donors (Lipinski definition) is 2. The van der Waals surface area contributed by atoms with Crippen LogP contribution in [0.1, 0.15) is 56.0 Å². The van der Waals surface area contributed by atoms with E-state index in [1.54, 1.807) is 6.20 Å². The van der Waals surface area contributed by atoms with Gasteiger partial charge in [-0.3, -0.25) is 10.5 Å². The van der Waals surface area contributed by atoms with Crippen LogP contribution in [0.25, 0.3) is 0 Å². The molecule has 0 saturated heterocycles. The molecule has 5 heteroatoms. The number of aromatic nitrogens is 2. The van der Waals surface area contributed by atoms with Crippen LogP contribution >= 0.6 is 11.6 Å². The van der Waals surface area contributed by atoms with Crippen molar-refractivity contribution < 1.29 is 0 Å². The van der Waals surface area contributed by atoms with Gasteiger partial charge in [-0.25, -0.2) is 5.43 Å². The molecule has 1 unspecified atom stereocenters. The molecule has 0 aliphatic carbocycles. The molecule has 0 spiro atoms. The van der Waals surface area contributed by atoms with E-state index in [-0.39, 0.29) is 6.04 Å². The van der Waals surface area contributed by atoms with E-state index in [9.17, 15) is 0 Å². The maximum Gasteiger partial charge on any atom is 0.0893 e. The number of hydrogen-bond acceptors (Lipinski definition) is 3. The zero-order chi connectivity index (χ0) is 15.4. The fourth-order valence-corrected chi connectivity index (χ4v) is 2.71. The van der Waals surface area contributed by atoms with Crippen molar-refractivity contribution in [3.63, 3.8) is 0 Å². The van der Waals surface area contributed by atoms with Crippen LogP contribution in [0.4, 0.5) is 0 Å². The molecule has 0 aliphatic rings. The molecule has 1 atom stereocenters. The highest BCUT2D eigenvalue weighted by molar-refractivity contribution is 6.31. The van der Waals surface area contributed by atoms with Crippen molar-refractivity contribution in [1.82, 2.24) is 15.2 Å². The Hall–Kier alpha value is -1.36. The zero-order valence-corrected chi connectivity index (χ0v) is 13.6. The van der Waals surface area contributed by atoms with Crippen molar-refractivity contribution in [2.45, 2.75) is 45.7 Å². The van der Waals surface area contributed by atoms with Gasteiger partial charge in [-0.05, 0) is 23.5 Å². The van der Waals surface area contributed by atoms with Gasteiger partial charge >= 0.3 is 0 Å². The van der Waals surface area contributed by atoms with Gasteiger partial charge in [0.1, 0.15) is 0 Å². The summed E-state index contributed by atoms with van der Waals surface area (Å²) in [7, 11) is 0. The smallest absolute Gasteiger partial charge is 0.0893 e. The van der Waals surface area contributed by atoms with Crippen LogP contribution in [0.15, 0.2) is 30.5 Å². The van der Waals surface area contributed by atoms with Crippen molar-refractivity contribution in [1.29, 1.82) is 0 Å². The third-order valence-corrected chi connectivity index (χ3v) is 3.94. The van der Waals surface area contributed by atoms with Crippen LogP contribution in [-0.2, 0) is 6.54 Å². The molecule has 0 radical (unpaired) electrons. The highest BCUT2D eigenvalue weighted by Gasteiger charge is 2.21. The molecule has 2 rings (SSSR count). The summed E-state index contributed by atoms with van der Waals surface area (Å²) in [6, 6.07) is 8.31. The first-order valence-corrected chi connectivity index (χ1v) is 7.73. The lowest BCUT2D eigenvalue weighted by atomic mass is 9.98. The third kappa shape index (κ3) is 3.46. The van der Waals surface area contributed by atoms with Gasteiger partial charge < -0.3 is 0 Å². The standard InChI is InChI=1S/C16H23ClN4/c1-4-9-21-16(14(17)10-19-21)15(20-18)13-7-5-12(6-8-13)11(2)3/h5-8,10-11,15,20H,4,9,18H2,1-3H3. The molecule has 0 fully saturated rings. The minimum absolute atomic E-state index is 0.159. The summed E-state index contributed by atoms with van der Waals surface area (Å²) in [5.74, 6) is 6.29. The van der Waals surface area contributed by atoms with Crippen molar-refractivity contribution in [3.05, 3.63) is 52.3 Å². The molecule has 114 valence electrons. The van der Waals surface area contributed by atoms with Crippen LogP contribution in [-0.4, -0.2) is 9.78 Å². The summed E-state index contributed by atoms with van der Waals surface area (Å²) in [5.41, 5.74) is 6.17. The number of nitrogens with zero attached hydrogens (tertiary/aromatic N) is 2. The van der Waals surface area contributed by atoms with Gasteiger partial charge in [0.2, 0.25) is 0 Å². The normalized spacial score (nSPS) is 12.9. The second-order valence-corrected chi connectivity index (χ2v) is 5.93. The zero-order valence-electron chi connectivity index (χ0n) is 12.8. The fourth-order valence-electron chi connectivity index (χ4n) is 2.46. The Kier molecular flexibility index (Phi) is 5.39. The Balaban J connectivity index is 2.37. The van der Waals surface area contributed by atoms with Crippen LogP contribution in [0.3, 0.4) is 0 Å². The maximum absolute atomic E-state index is 6.31. The quantitative estimate of drug-likeness (QED) is 0.633. The van der Waals surface area contributed by atoms with Crippen molar-refractivity contribution in [2.24, 2.45) is 5.84 Å². The minimum atomic E-state index is -0.159. The van der Waals surface area contributed by atoms with E-state index < -0.39 is 0 Å². The number of nitrogens with two attached hydrogens (primary N) is 1. The van der Waals surface area contributed by atoms with E-state index in [1.165, 1.54) is 5.56 Å². The van der Waals surface area contributed by atoms with E-state index in [2.05, 4.69) is 55.6 Å². The monoisotopic (exact) mass is 306 g/mol. The summed E-state index contributed by atoms with van der Waals surface area (Å²) in [5, 5.41) is 4.97. The molecule has 21 heavy (non-hydrogen) atoms. The van der Waals surface area contributed by atoms with Crippen molar-refractivity contribution >= 4 is 11.6 Å². The number of benzene rings is 1. The van der Waals surface area contributed by atoms with E-state index in [4.69, 9.17) is 17.4 Å². The van der Waals surface area contributed by atoms with Gasteiger partial charge in [0.05, 0.1) is 23.0 Å². The van der Waals surface area contributed by atoms with Gasteiger partial charge in [-0.2, -0.15) is 5.10 Å². The molecular formula is C16H23ClN4. The van der Waals surface area contributed by atoms with E-state index in [1.807, 2.05) is 4.68 Å². The largest absolute Gasteiger partial charge is 0.271 e. The Morgan fingerprint density at radius 3 is 2.38 bits per heavy atom. The average molecular weight is 307 g/mol. The lowest BCUT2D eigenvalue weighted by Gasteiger charge is -2.19. The number of hydrazine groups is 1. The van der Waals surface area contributed by atoms with Crippen molar-refractivity contribution in [2.75, 3.05) is 0 Å². The Labute approximate surface area is 131 Å². The van der Waals surface area contributed by atoms with Crippen LogP contribution in [0.2, 0.25) is 5.02 Å². The molecule has 0 amide bonds. The molecule has 0 bridgehead atoms. The summed E-state index contributed by atoms with van der Waals surface area (Å²) in [6.45, 7) is 7.30. The molecule has 1 aromatic heterocycles. The summed E-state index contributed by atoms with van der Waals surface area (Å²) in [6.07, 6.45) is 2.67. The number of halogens is 1. The fraction of sp³-hybridized carbons (Fsp3) is 0.438. The SMILES string of the molecule is CCCn1ncc(Cl)c1C(NN)c1ccc(C(C)C)cc1. The first-order chi connectivity index (χ1) is 10.1. The Bertz CT molecular complexity index is 574. The van der Waals surface area contributed by atoms with Crippen LogP contribution in [0, 0.1) is 0 Å². The predicted octanol–water partition coefficient (Wildman–Crippen LogP) is 3.62. The number of nitrogens with one attached hydrogen (secondary N) is 1. The highest BCUT2D eigenvalue weighted by Crippen LogP contribution is 2.29. The molecule has 0 aliphatic heterocycles. The Morgan fingerprint density at radius 1 is 1.24 bits per heavy atom. The topological polar surface area (TPSA) is 55.9 Å². The van der Waals surface area contributed by atoms with Gasteiger partial charge in [0, 0.05) is 6.54 Å². The summed E-state index contributed by atoms with van der Waals surface area (Å²) in [4.78, 5) is 0. The summed E-state index contributed by atoms with van der Waals surface area (Å²) >= 11 is 6.31. The molecule has 2 aromatic rings. The summed E-state index contributed by atoms with van der Waals surface area (Å²) < 4.78 is 1.92. The lowest BCUT2D eigenvalue weighted by Crippen LogP contribution is -2.31. The maximum atomic E-state index is 6.31. The van der Waals surface area contributed by atoms with E-state index >= 15 is 0 Å². The molecule has 0 saturated carbocycles. The molecule has 1 heterocycles. The number of rotatable bonds is 6. The molecular weight excluding hydrogens is 284 g/mol. The lowest BCUT2D eigenvalue weighted by molar-refractivity contribution is 0.521.